The Hall–Kier alpha value is -2.72. The second-order valence-corrected chi connectivity index (χ2v) is 5.40. The van der Waals surface area contributed by atoms with E-state index < -0.39 is 0 Å². The molecule has 0 spiro atoms. The summed E-state index contributed by atoms with van der Waals surface area (Å²) in [5, 5.41) is 21.0. The second kappa shape index (κ2) is 6.37. The summed E-state index contributed by atoms with van der Waals surface area (Å²) in [6.07, 6.45) is 0. The van der Waals surface area contributed by atoms with E-state index in [0.29, 0.717) is 22.2 Å². The molecule has 7 heteroatoms. The fraction of sp³-hybridized carbons (Fsp3) is 0.0667. The van der Waals surface area contributed by atoms with Crippen LogP contribution in [0.4, 0.5) is 4.39 Å². The maximum absolute atomic E-state index is 13.3. The van der Waals surface area contributed by atoms with Crippen LogP contribution in [0.5, 0.6) is 0 Å². The number of halogens is 1. The third-order valence-corrected chi connectivity index (χ3v) is 3.91. The predicted molar refractivity (Wildman–Crippen MR) is 79.8 cm³/mol. The second-order valence-electron chi connectivity index (χ2n) is 4.45. The van der Waals surface area contributed by atoms with Gasteiger partial charge in [-0.3, -0.25) is 0 Å². The van der Waals surface area contributed by atoms with E-state index in [9.17, 15) is 4.39 Å². The van der Waals surface area contributed by atoms with Crippen molar-refractivity contribution < 1.29 is 4.39 Å². The standard InChI is InChI=1S/C15H10FN5S/c16-13-5-2-6-14(8-13)21-15(18-19-20-21)22-10-12-4-1-3-11(7-12)9-17/h1-8H,10H2. The average Bonchev–Trinajstić information content (AvgIpc) is 3.02. The van der Waals surface area contributed by atoms with Crippen molar-refractivity contribution in [2.24, 2.45) is 0 Å². The highest BCUT2D eigenvalue weighted by Gasteiger charge is 2.10. The molecule has 0 atom stereocenters. The van der Waals surface area contributed by atoms with Crippen molar-refractivity contribution in [2.45, 2.75) is 10.9 Å². The highest BCUT2D eigenvalue weighted by molar-refractivity contribution is 7.98. The van der Waals surface area contributed by atoms with Gasteiger partial charge in [0.2, 0.25) is 5.16 Å². The predicted octanol–water partition coefficient (Wildman–Crippen LogP) is 2.97. The van der Waals surface area contributed by atoms with Crippen LogP contribution in [0.25, 0.3) is 5.69 Å². The normalized spacial score (nSPS) is 10.4. The maximum Gasteiger partial charge on any atom is 0.214 e. The first kappa shape index (κ1) is 14.2. The summed E-state index contributed by atoms with van der Waals surface area (Å²) in [6.45, 7) is 0. The molecule has 1 heterocycles. The molecular formula is C15H10FN5S. The first-order chi connectivity index (χ1) is 10.8. The molecule has 1 aromatic heterocycles. The van der Waals surface area contributed by atoms with Crippen molar-refractivity contribution in [1.82, 2.24) is 20.2 Å². The Labute approximate surface area is 130 Å². The number of tetrazole rings is 1. The van der Waals surface area contributed by atoms with Crippen molar-refractivity contribution in [2.75, 3.05) is 0 Å². The molecule has 0 radical (unpaired) electrons. The summed E-state index contributed by atoms with van der Waals surface area (Å²) >= 11 is 1.42. The number of aromatic nitrogens is 4. The lowest BCUT2D eigenvalue weighted by atomic mass is 10.2. The Kier molecular flexibility index (Phi) is 4.12. The van der Waals surface area contributed by atoms with Crippen molar-refractivity contribution >= 4 is 11.8 Å². The van der Waals surface area contributed by atoms with Gasteiger partial charge in [-0.25, -0.2) is 4.39 Å². The van der Waals surface area contributed by atoms with Crippen LogP contribution < -0.4 is 0 Å². The van der Waals surface area contributed by atoms with Gasteiger partial charge in [-0.05, 0) is 46.3 Å². The number of thioether (sulfide) groups is 1. The van der Waals surface area contributed by atoms with Gasteiger partial charge in [0.05, 0.1) is 17.3 Å². The molecule has 0 saturated carbocycles. The Bertz CT molecular complexity index is 840. The van der Waals surface area contributed by atoms with Crippen LogP contribution in [-0.4, -0.2) is 20.2 Å². The smallest absolute Gasteiger partial charge is 0.207 e. The number of nitrogens with zero attached hydrogens (tertiary/aromatic N) is 5. The largest absolute Gasteiger partial charge is 0.214 e. The zero-order chi connectivity index (χ0) is 15.4. The minimum absolute atomic E-state index is 0.342. The summed E-state index contributed by atoms with van der Waals surface area (Å²) in [5.41, 5.74) is 2.18. The van der Waals surface area contributed by atoms with Crippen LogP contribution in [0, 0.1) is 17.1 Å². The molecule has 0 amide bonds. The van der Waals surface area contributed by atoms with E-state index in [1.165, 1.54) is 28.6 Å². The minimum atomic E-state index is -0.342. The van der Waals surface area contributed by atoms with Crippen LogP contribution in [0.15, 0.2) is 53.7 Å². The lowest BCUT2D eigenvalue weighted by Crippen LogP contribution is -1.99. The Morgan fingerprint density at radius 2 is 2.05 bits per heavy atom. The van der Waals surface area contributed by atoms with Crippen LogP contribution in [0.3, 0.4) is 0 Å². The van der Waals surface area contributed by atoms with E-state index in [1.54, 1.807) is 18.2 Å². The van der Waals surface area contributed by atoms with Crippen molar-refractivity contribution in [3.8, 4) is 11.8 Å². The van der Waals surface area contributed by atoms with E-state index in [4.69, 9.17) is 5.26 Å². The quantitative estimate of drug-likeness (QED) is 0.693. The molecule has 0 N–H and O–H groups in total. The van der Waals surface area contributed by atoms with Gasteiger partial charge in [-0.15, -0.1) is 5.10 Å². The molecule has 2 aromatic carbocycles. The van der Waals surface area contributed by atoms with E-state index in [0.717, 1.165) is 5.56 Å². The Morgan fingerprint density at radius 1 is 1.18 bits per heavy atom. The molecule has 0 saturated heterocycles. The zero-order valence-electron chi connectivity index (χ0n) is 11.3. The van der Waals surface area contributed by atoms with Crippen molar-refractivity contribution in [3.05, 3.63) is 65.5 Å². The van der Waals surface area contributed by atoms with Crippen LogP contribution in [0.1, 0.15) is 11.1 Å². The number of hydrogen-bond donors (Lipinski definition) is 0. The van der Waals surface area contributed by atoms with E-state index in [-0.39, 0.29) is 5.82 Å². The monoisotopic (exact) mass is 311 g/mol. The lowest BCUT2D eigenvalue weighted by molar-refractivity contribution is 0.623. The summed E-state index contributed by atoms with van der Waals surface area (Å²) in [4.78, 5) is 0. The number of hydrogen-bond acceptors (Lipinski definition) is 5. The first-order valence-corrected chi connectivity index (χ1v) is 7.41. The topological polar surface area (TPSA) is 67.4 Å². The molecule has 0 fully saturated rings. The molecule has 0 bridgehead atoms. The number of benzene rings is 2. The molecular weight excluding hydrogens is 301 g/mol. The zero-order valence-corrected chi connectivity index (χ0v) is 12.2. The molecule has 0 aliphatic carbocycles. The summed E-state index contributed by atoms with van der Waals surface area (Å²) in [6, 6.07) is 15.5. The van der Waals surface area contributed by atoms with E-state index in [2.05, 4.69) is 21.6 Å². The average molecular weight is 311 g/mol. The Balaban J connectivity index is 1.80. The molecule has 108 valence electrons. The number of rotatable bonds is 4. The molecule has 3 aromatic rings. The fourth-order valence-corrected chi connectivity index (χ4v) is 2.75. The van der Waals surface area contributed by atoms with Crippen molar-refractivity contribution in [1.29, 1.82) is 5.26 Å². The van der Waals surface area contributed by atoms with Gasteiger partial charge in [0, 0.05) is 5.75 Å². The first-order valence-electron chi connectivity index (χ1n) is 6.42. The van der Waals surface area contributed by atoms with Gasteiger partial charge in [-0.1, -0.05) is 30.0 Å². The maximum atomic E-state index is 13.3. The molecule has 5 nitrogen and oxygen atoms in total. The van der Waals surface area contributed by atoms with Gasteiger partial charge < -0.3 is 0 Å². The fourth-order valence-electron chi connectivity index (χ4n) is 1.92. The van der Waals surface area contributed by atoms with Gasteiger partial charge in [0.15, 0.2) is 0 Å². The third kappa shape index (κ3) is 3.13. The van der Waals surface area contributed by atoms with Crippen LogP contribution >= 0.6 is 11.8 Å². The molecule has 22 heavy (non-hydrogen) atoms. The third-order valence-electron chi connectivity index (χ3n) is 2.92. The van der Waals surface area contributed by atoms with Gasteiger partial charge in [0.25, 0.3) is 0 Å². The van der Waals surface area contributed by atoms with Gasteiger partial charge in [0.1, 0.15) is 5.82 Å². The van der Waals surface area contributed by atoms with Gasteiger partial charge >= 0.3 is 0 Å². The minimum Gasteiger partial charge on any atom is -0.207 e. The molecule has 0 aliphatic heterocycles. The highest BCUT2D eigenvalue weighted by atomic mass is 32.2. The summed E-state index contributed by atoms with van der Waals surface area (Å²) < 4.78 is 14.8. The van der Waals surface area contributed by atoms with Gasteiger partial charge in [-0.2, -0.15) is 9.94 Å². The Morgan fingerprint density at radius 3 is 2.86 bits per heavy atom. The summed E-state index contributed by atoms with van der Waals surface area (Å²) in [5.74, 6) is 0.274. The number of nitriles is 1. The van der Waals surface area contributed by atoms with E-state index in [1.807, 2.05) is 18.2 Å². The van der Waals surface area contributed by atoms with E-state index >= 15 is 0 Å². The molecule has 0 unspecified atom stereocenters. The van der Waals surface area contributed by atoms with Crippen LogP contribution in [-0.2, 0) is 5.75 Å². The lowest BCUT2D eigenvalue weighted by Gasteiger charge is -2.04. The molecule has 0 aliphatic rings. The SMILES string of the molecule is N#Cc1cccc(CSc2nnnn2-c2cccc(F)c2)c1. The highest BCUT2D eigenvalue weighted by Crippen LogP contribution is 2.23. The molecule has 3 rings (SSSR count). The van der Waals surface area contributed by atoms with Crippen LogP contribution in [0.2, 0.25) is 0 Å². The summed E-state index contributed by atoms with van der Waals surface area (Å²) in [7, 11) is 0. The van der Waals surface area contributed by atoms with Crippen molar-refractivity contribution in [3.63, 3.8) is 0 Å².